The summed E-state index contributed by atoms with van der Waals surface area (Å²) in [6, 6.07) is 4.28. The van der Waals surface area contributed by atoms with Crippen molar-refractivity contribution < 1.29 is 27.6 Å². The summed E-state index contributed by atoms with van der Waals surface area (Å²) < 4.78 is 39.6. The molecule has 2 aliphatic rings. The van der Waals surface area contributed by atoms with E-state index in [1.165, 1.54) is 23.1 Å². The monoisotopic (exact) mass is 454 g/mol. The molecular weight excluding hydrogens is 425 g/mol. The molecule has 1 saturated heterocycles. The molecule has 2 N–H and O–H groups in total. The number of hydrogen-bond donors (Lipinski definition) is 2. The summed E-state index contributed by atoms with van der Waals surface area (Å²) >= 11 is 0. The highest BCUT2D eigenvalue weighted by Crippen LogP contribution is 2.32. The zero-order valence-electron chi connectivity index (χ0n) is 18.1. The fourth-order valence-corrected chi connectivity index (χ4v) is 4.30. The number of benzene rings is 1. The van der Waals surface area contributed by atoms with Crippen molar-refractivity contribution in [2.24, 2.45) is 5.92 Å². The molecule has 0 radical (unpaired) electrons. The molecule has 7 nitrogen and oxygen atoms in total. The van der Waals surface area contributed by atoms with E-state index in [1.54, 1.807) is 4.90 Å². The first-order valence-electron chi connectivity index (χ1n) is 10.9. The molecule has 1 heterocycles. The number of alkyl halides is 3. The van der Waals surface area contributed by atoms with E-state index in [9.17, 15) is 27.6 Å². The smallest absolute Gasteiger partial charge is 0.336 e. The molecule has 32 heavy (non-hydrogen) atoms. The SMILES string of the molecule is CC1CCCCC1NC(=O)NC(=O)CN1CCN(C(=O)c2ccccc2C(F)(F)F)CC1. The molecule has 4 amide bonds. The van der Waals surface area contributed by atoms with Gasteiger partial charge in [-0.3, -0.25) is 19.8 Å². The number of piperazine rings is 1. The Bertz CT molecular complexity index is 838. The number of carbonyl (C=O) groups is 3. The first-order valence-corrected chi connectivity index (χ1v) is 10.9. The zero-order chi connectivity index (χ0) is 23.3. The number of halogens is 3. The standard InChI is InChI=1S/C22H29F3N4O3/c1-15-6-2-5-9-18(15)26-21(32)27-19(30)14-28-10-12-29(13-11-28)20(31)16-7-3-4-8-17(16)22(23,24)25/h3-4,7-8,15,18H,2,5-6,9-14H2,1H3,(H2,26,27,30,32). The summed E-state index contributed by atoms with van der Waals surface area (Å²) in [6.07, 6.45) is -0.455. The third-order valence-corrected chi connectivity index (χ3v) is 6.17. The van der Waals surface area contributed by atoms with Crippen LogP contribution in [0.1, 0.15) is 48.5 Å². The topological polar surface area (TPSA) is 81.8 Å². The fraction of sp³-hybridized carbons (Fsp3) is 0.591. The second kappa shape index (κ2) is 10.3. The summed E-state index contributed by atoms with van der Waals surface area (Å²) in [5.74, 6) is -0.756. The molecule has 0 spiro atoms. The highest BCUT2D eigenvalue weighted by atomic mass is 19.4. The number of nitrogens with one attached hydrogen (secondary N) is 2. The van der Waals surface area contributed by atoms with Gasteiger partial charge < -0.3 is 10.2 Å². The van der Waals surface area contributed by atoms with Crippen molar-refractivity contribution in [3.8, 4) is 0 Å². The van der Waals surface area contributed by atoms with E-state index in [2.05, 4.69) is 17.6 Å². The molecule has 3 rings (SSSR count). The van der Waals surface area contributed by atoms with E-state index in [4.69, 9.17) is 0 Å². The summed E-state index contributed by atoms with van der Waals surface area (Å²) in [5, 5.41) is 5.20. The van der Waals surface area contributed by atoms with Crippen LogP contribution in [0.4, 0.5) is 18.0 Å². The van der Waals surface area contributed by atoms with Crippen LogP contribution in [0, 0.1) is 5.92 Å². The molecule has 2 unspecified atom stereocenters. The highest BCUT2D eigenvalue weighted by molar-refractivity contribution is 5.96. The van der Waals surface area contributed by atoms with Gasteiger partial charge >= 0.3 is 12.2 Å². The second-order valence-corrected chi connectivity index (χ2v) is 8.50. The van der Waals surface area contributed by atoms with E-state index < -0.39 is 29.6 Å². The summed E-state index contributed by atoms with van der Waals surface area (Å²) in [5.41, 5.74) is -1.33. The van der Waals surface area contributed by atoms with Crippen LogP contribution in [0.2, 0.25) is 0 Å². The molecular formula is C22H29F3N4O3. The molecule has 2 atom stereocenters. The van der Waals surface area contributed by atoms with E-state index >= 15 is 0 Å². The quantitative estimate of drug-likeness (QED) is 0.733. The average molecular weight is 454 g/mol. The van der Waals surface area contributed by atoms with Gasteiger partial charge in [0.15, 0.2) is 0 Å². The highest BCUT2D eigenvalue weighted by Gasteiger charge is 2.36. The van der Waals surface area contributed by atoms with E-state index in [0.717, 1.165) is 31.7 Å². The molecule has 10 heteroatoms. The minimum atomic E-state index is -4.61. The van der Waals surface area contributed by atoms with Crippen LogP contribution >= 0.6 is 0 Å². The maximum absolute atomic E-state index is 13.2. The fourth-order valence-electron chi connectivity index (χ4n) is 4.30. The van der Waals surface area contributed by atoms with Gasteiger partial charge in [0.2, 0.25) is 5.91 Å². The number of urea groups is 1. The van der Waals surface area contributed by atoms with Gasteiger partial charge in [-0.25, -0.2) is 4.79 Å². The number of amides is 4. The number of nitrogens with zero attached hydrogens (tertiary/aromatic N) is 2. The van der Waals surface area contributed by atoms with Gasteiger partial charge in [-0.2, -0.15) is 13.2 Å². The number of carbonyl (C=O) groups excluding carboxylic acids is 3. The number of rotatable bonds is 4. The van der Waals surface area contributed by atoms with Crippen LogP contribution < -0.4 is 10.6 Å². The predicted octanol–water partition coefficient (Wildman–Crippen LogP) is 2.87. The second-order valence-electron chi connectivity index (χ2n) is 8.50. The zero-order valence-corrected chi connectivity index (χ0v) is 18.1. The van der Waals surface area contributed by atoms with Gasteiger partial charge in [-0.05, 0) is 30.9 Å². The van der Waals surface area contributed by atoms with Gasteiger partial charge in [0, 0.05) is 32.2 Å². The normalized spacial score (nSPS) is 22.3. The van der Waals surface area contributed by atoms with Crippen molar-refractivity contribution in [1.82, 2.24) is 20.4 Å². The third kappa shape index (κ3) is 6.21. The van der Waals surface area contributed by atoms with Gasteiger partial charge in [-0.15, -0.1) is 0 Å². The lowest BCUT2D eigenvalue weighted by molar-refractivity contribution is -0.138. The van der Waals surface area contributed by atoms with Gasteiger partial charge in [-0.1, -0.05) is 31.9 Å². The molecule has 2 fully saturated rings. The van der Waals surface area contributed by atoms with E-state index in [0.29, 0.717) is 19.0 Å². The molecule has 0 bridgehead atoms. The lowest BCUT2D eigenvalue weighted by Gasteiger charge is -2.34. The van der Waals surface area contributed by atoms with E-state index in [-0.39, 0.29) is 31.2 Å². The van der Waals surface area contributed by atoms with Crippen molar-refractivity contribution in [3.05, 3.63) is 35.4 Å². The minimum Gasteiger partial charge on any atom is -0.336 e. The van der Waals surface area contributed by atoms with Crippen molar-refractivity contribution >= 4 is 17.8 Å². The Hall–Kier alpha value is -2.62. The van der Waals surface area contributed by atoms with Gasteiger partial charge in [0.05, 0.1) is 17.7 Å². The maximum Gasteiger partial charge on any atom is 0.417 e. The van der Waals surface area contributed by atoms with Crippen molar-refractivity contribution in [3.63, 3.8) is 0 Å². The van der Waals surface area contributed by atoms with Gasteiger partial charge in [0.25, 0.3) is 5.91 Å². The average Bonchev–Trinajstić information content (AvgIpc) is 2.74. The third-order valence-electron chi connectivity index (χ3n) is 6.17. The lowest BCUT2D eigenvalue weighted by Crippen LogP contribution is -2.53. The van der Waals surface area contributed by atoms with Gasteiger partial charge in [0.1, 0.15) is 0 Å². The summed E-state index contributed by atoms with van der Waals surface area (Å²) in [6.45, 7) is 3.12. The Kier molecular flexibility index (Phi) is 7.76. The van der Waals surface area contributed by atoms with Crippen LogP contribution in [-0.4, -0.2) is 66.4 Å². The molecule has 1 aliphatic heterocycles. The molecule has 1 aliphatic carbocycles. The summed E-state index contributed by atoms with van der Waals surface area (Å²) in [7, 11) is 0. The Labute approximate surface area is 185 Å². The minimum absolute atomic E-state index is 0.0190. The first kappa shape index (κ1) is 24.0. The largest absolute Gasteiger partial charge is 0.417 e. The Morgan fingerprint density at radius 2 is 1.69 bits per heavy atom. The molecule has 1 aromatic carbocycles. The first-order chi connectivity index (χ1) is 15.1. The molecule has 176 valence electrons. The maximum atomic E-state index is 13.2. The van der Waals surface area contributed by atoms with Crippen LogP contribution in [0.5, 0.6) is 0 Å². The molecule has 1 aromatic rings. The van der Waals surface area contributed by atoms with Crippen molar-refractivity contribution in [2.45, 2.75) is 44.8 Å². The van der Waals surface area contributed by atoms with E-state index in [1.807, 2.05) is 0 Å². The summed E-state index contributed by atoms with van der Waals surface area (Å²) in [4.78, 5) is 40.1. The van der Waals surface area contributed by atoms with Crippen LogP contribution in [0.25, 0.3) is 0 Å². The van der Waals surface area contributed by atoms with Crippen molar-refractivity contribution in [2.75, 3.05) is 32.7 Å². The molecule has 0 aromatic heterocycles. The van der Waals surface area contributed by atoms with Crippen LogP contribution in [-0.2, 0) is 11.0 Å². The van der Waals surface area contributed by atoms with Crippen LogP contribution in [0.3, 0.4) is 0 Å². The number of imide groups is 1. The molecule has 1 saturated carbocycles. The Morgan fingerprint density at radius 3 is 2.34 bits per heavy atom. The van der Waals surface area contributed by atoms with Crippen molar-refractivity contribution in [1.29, 1.82) is 0 Å². The lowest BCUT2D eigenvalue weighted by atomic mass is 9.86. The predicted molar refractivity (Wildman–Crippen MR) is 112 cm³/mol. The Morgan fingerprint density at radius 1 is 1.03 bits per heavy atom. The number of hydrogen-bond acceptors (Lipinski definition) is 4. The Balaban J connectivity index is 1.46. The van der Waals surface area contributed by atoms with Crippen LogP contribution in [0.15, 0.2) is 24.3 Å².